The first kappa shape index (κ1) is 6.65. The van der Waals surface area contributed by atoms with Gasteiger partial charge in [-0.1, -0.05) is 22.6 Å². The number of alkyl halides is 1. The maximum Gasteiger partial charge on any atom is 0.0556 e. The number of aliphatic hydroxyl groups is 1. The second-order valence-electron chi connectivity index (χ2n) is 0.857. The van der Waals surface area contributed by atoms with Gasteiger partial charge in [0.05, 0.1) is 6.61 Å². The predicted octanol–water partition coefficient (Wildman–Crippen LogP) is -0.0392. The molecule has 0 saturated carbocycles. The SMILES string of the molecule is OCCNCI. The van der Waals surface area contributed by atoms with Crippen molar-refractivity contribution in [1.82, 2.24) is 5.32 Å². The number of halogens is 1. The first-order chi connectivity index (χ1) is 2.91. The highest BCUT2D eigenvalue weighted by atomic mass is 127. The molecule has 2 nitrogen and oxygen atoms in total. The van der Waals surface area contributed by atoms with Crippen molar-refractivity contribution >= 4 is 22.6 Å². The Hall–Kier alpha value is 0.650. The average Bonchev–Trinajstić information content (AvgIpc) is 1.61. The van der Waals surface area contributed by atoms with Crippen LogP contribution in [0.4, 0.5) is 0 Å². The number of hydrogen-bond donors (Lipinski definition) is 2. The lowest BCUT2D eigenvalue weighted by molar-refractivity contribution is 0.296. The van der Waals surface area contributed by atoms with Gasteiger partial charge >= 0.3 is 0 Å². The monoisotopic (exact) mass is 201 g/mol. The Morgan fingerprint density at radius 2 is 2.33 bits per heavy atom. The molecule has 0 aromatic rings. The minimum Gasteiger partial charge on any atom is -0.395 e. The van der Waals surface area contributed by atoms with Crippen LogP contribution in [0.25, 0.3) is 0 Å². The van der Waals surface area contributed by atoms with Gasteiger partial charge in [0.25, 0.3) is 0 Å². The van der Waals surface area contributed by atoms with E-state index in [1.165, 1.54) is 0 Å². The maximum absolute atomic E-state index is 8.13. The Kier molecular flexibility index (Phi) is 6.26. The minimum absolute atomic E-state index is 0.239. The number of nitrogens with one attached hydrogen (secondary N) is 1. The number of aliphatic hydroxyl groups excluding tert-OH is 1. The molecule has 2 N–H and O–H groups in total. The summed E-state index contributed by atoms with van der Waals surface area (Å²) in [5, 5.41) is 11.1. The third-order valence-electron chi connectivity index (χ3n) is 0.383. The van der Waals surface area contributed by atoms with Crippen molar-refractivity contribution in [3.8, 4) is 0 Å². The van der Waals surface area contributed by atoms with E-state index in [9.17, 15) is 0 Å². The Labute approximate surface area is 51.1 Å². The van der Waals surface area contributed by atoms with E-state index in [1.54, 1.807) is 0 Å². The van der Waals surface area contributed by atoms with E-state index in [0.717, 1.165) is 4.55 Å². The second kappa shape index (κ2) is 5.65. The summed E-state index contributed by atoms with van der Waals surface area (Å²) < 4.78 is 0.915. The Morgan fingerprint density at radius 3 is 2.50 bits per heavy atom. The van der Waals surface area contributed by atoms with Crippen molar-refractivity contribution < 1.29 is 5.11 Å². The van der Waals surface area contributed by atoms with Crippen LogP contribution >= 0.6 is 22.6 Å². The molecule has 0 aromatic heterocycles. The van der Waals surface area contributed by atoms with Crippen LogP contribution in [-0.4, -0.2) is 22.8 Å². The molecule has 0 fully saturated rings. The highest BCUT2D eigenvalue weighted by Gasteiger charge is 1.73. The predicted molar refractivity (Wildman–Crippen MR) is 34.0 cm³/mol. The van der Waals surface area contributed by atoms with E-state index in [4.69, 9.17) is 5.11 Å². The quantitative estimate of drug-likeness (QED) is 0.290. The molecule has 0 aliphatic rings. The molecule has 3 heteroatoms. The zero-order valence-corrected chi connectivity index (χ0v) is 5.60. The third-order valence-corrected chi connectivity index (χ3v) is 0.922. The van der Waals surface area contributed by atoms with Gasteiger partial charge in [-0.15, -0.1) is 0 Å². The zero-order chi connectivity index (χ0) is 4.83. The van der Waals surface area contributed by atoms with Crippen LogP contribution in [0.1, 0.15) is 0 Å². The van der Waals surface area contributed by atoms with Crippen molar-refractivity contribution in [2.45, 2.75) is 0 Å². The standard InChI is InChI=1S/C3H8INO/c4-3-5-1-2-6/h5-6H,1-3H2. The Bertz CT molecular complexity index is 22.8. The molecule has 0 rings (SSSR count). The molecule has 0 atom stereocenters. The molecule has 0 aliphatic carbocycles. The molecule has 38 valence electrons. The zero-order valence-electron chi connectivity index (χ0n) is 3.45. The fourth-order valence-electron chi connectivity index (χ4n) is 0.146. The average molecular weight is 201 g/mol. The summed E-state index contributed by atoms with van der Waals surface area (Å²) in [7, 11) is 0. The maximum atomic E-state index is 8.13. The van der Waals surface area contributed by atoms with E-state index >= 15 is 0 Å². The fourth-order valence-corrected chi connectivity index (χ4v) is 0.527. The third kappa shape index (κ3) is 4.65. The molecule has 0 bridgehead atoms. The van der Waals surface area contributed by atoms with Gasteiger partial charge in [-0.05, 0) is 0 Å². The lowest BCUT2D eigenvalue weighted by Gasteiger charge is -1.90. The van der Waals surface area contributed by atoms with Crippen LogP contribution in [-0.2, 0) is 0 Å². The molecule has 0 radical (unpaired) electrons. The molecule has 0 aromatic carbocycles. The van der Waals surface area contributed by atoms with Crippen LogP contribution in [0.5, 0.6) is 0 Å². The van der Waals surface area contributed by atoms with Gasteiger partial charge in [0.15, 0.2) is 0 Å². The van der Waals surface area contributed by atoms with Gasteiger partial charge in [0, 0.05) is 11.1 Å². The van der Waals surface area contributed by atoms with Crippen LogP contribution in [0.3, 0.4) is 0 Å². The minimum atomic E-state index is 0.239. The first-order valence-corrected chi connectivity index (χ1v) is 3.32. The molecular formula is C3H8INO. The van der Waals surface area contributed by atoms with Crippen LogP contribution in [0, 0.1) is 0 Å². The molecule has 0 aliphatic heterocycles. The van der Waals surface area contributed by atoms with Crippen LogP contribution in [0.15, 0.2) is 0 Å². The van der Waals surface area contributed by atoms with Crippen molar-refractivity contribution in [3.63, 3.8) is 0 Å². The van der Waals surface area contributed by atoms with Gasteiger partial charge in [0.2, 0.25) is 0 Å². The van der Waals surface area contributed by atoms with Crippen molar-refractivity contribution in [2.75, 3.05) is 17.7 Å². The number of hydrogen-bond acceptors (Lipinski definition) is 2. The molecule has 0 heterocycles. The summed E-state index contributed by atoms with van der Waals surface area (Å²) in [6.07, 6.45) is 0. The summed E-state index contributed by atoms with van der Waals surface area (Å²) in [5.41, 5.74) is 0. The van der Waals surface area contributed by atoms with Crippen molar-refractivity contribution in [3.05, 3.63) is 0 Å². The van der Waals surface area contributed by atoms with Gasteiger partial charge in [-0.25, -0.2) is 0 Å². The van der Waals surface area contributed by atoms with Gasteiger partial charge in [-0.3, -0.25) is 0 Å². The summed E-state index contributed by atoms with van der Waals surface area (Å²) in [5.74, 6) is 0. The lowest BCUT2D eigenvalue weighted by Crippen LogP contribution is -2.14. The highest BCUT2D eigenvalue weighted by molar-refractivity contribution is 14.1. The van der Waals surface area contributed by atoms with Crippen LogP contribution in [0.2, 0.25) is 0 Å². The molecular weight excluding hydrogens is 193 g/mol. The van der Waals surface area contributed by atoms with E-state index in [1.807, 2.05) is 0 Å². The van der Waals surface area contributed by atoms with E-state index in [0.29, 0.717) is 6.54 Å². The highest BCUT2D eigenvalue weighted by Crippen LogP contribution is 1.69. The van der Waals surface area contributed by atoms with Gasteiger partial charge < -0.3 is 10.4 Å². The Balaban J connectivity index is 2.34. The second-order valence-corrected chi connectivity index (χ2v) is 1.62. The fraction of sp³-hybridized carbons (Fsp3) is 1.00. The summed E-state index contributed by atoms with van der Waals surface area (Å²) in [6.45, 7) is 0.950. The molecule has 0 amide bonds. The summed E-state index contributed by atoms with van der Waals surface area (Å²) in [4.78, 5) is 0. The van der Waals surface area contributed by atoms with E-state index in [-0.39, 0.29) is 6.61 Å². The van der Waals surface area contributed by atoms with Crippen molar-refractivity contribution in [1.29, 1.82) is 0 Å². The topological polar surface area (TPSA) is 32.3 Å². The Morgan fingerprint density at radius 1 is 1.67 bits per heavy atom. The first-order valence-electron chi connectivity index (χ1n) is 1.79. The molecule has 6 heavy (non-hydrogen) atoms. The van der Waals surface area contributed by atoms with E-state index < -0.39 is 0 Å². The normalized spacial score (nSPS) is 9.00. The number of rotatable bonds is 3. The molecule has 0 spiro atoms. The molecule has 0 saturated heterocycles. The van der Waals surface area contributed by atoms with Crippen LogP contribution < -0.4 is 5.32 Å². The van der Waals surface area contributed by atoms with E-state index in [2.05, 4.69) is 27.9 Å². The van der Waals surface area contributed by atoms with Gasteiger partial charge in [-0.2, -0.15) is 0 Å². The largest absolute Gasteiger partial charge is 0.395 e. The summed E-state index contributed by atoms with van der Waals surface area (Å²) in [6, 6.07) is 0. The summed E-state index contributed by atoms with van der Waals surface area (Å²) >= 11 is 2.19. The van der Waals surface area contributed by atoms with Crippen molar-refractivity contribution in [2.24, 2.45) is 0 Å². The van der Waals surface area contributed by atoms with Gasteiger partial charge in [0.1, 0.15) is 0 Å². The molecule has 0 unspecified atom stereocenters. The lowest BCUT2D eigenvalue weighted by atomic mass is 10.7. The smallest absolute Gasteiger partial charge is 0.0556 e.